The molecule has 0 bridgehead atoms. The fraction of sp³-hybridized carbons (Fsp3) is 0. The summed E-state index contributed by atoms with van der Waals surface area (Å²) in [5.74, 6) is 0. The van der Waals surface area contributed by atoms with Crippen LogP contribution < -0.4 is 0 Å². The van der Waals surface area contributed by atoms with Crippen LogP contribution in [-0.2, 0) is 0 Å². The molecule has 0 fully saturated rings. The van der Waals surface area contributed by atoms with Crippen LogP contribution in [0.3, 0.4) is 0 Å². The van der Waals surface area contributed by atoms with Gasteiger partial charge in [0.15, 0.2) is 0 Å². The average Bonchev–Trinajstić information content (AvgIpc) is 2.47. The smallest absolute Gasteiger partial charge is 0.271 e. The molecule has 5 nitrogen and oxygen atoms in total. The predicted octanol–water partition coefficient (Wildman–Crippen LogP) is 1.64. The molecule has 0 amide bonds. The largest absolute Gasteiger partial charge is 0.275 e. The van der Waals surface area contributed by atoms with Gasteiger partial charge in [-0.3, -0.25) is 14.1 Å². The molecule has 0 N–H and O–H groups in total. The Hall–Kier alpha value is -1.56. The number of benzene rings is 1. The highest BCUT2D eigenvalue weighted by molar-refractivity contribution is 7.78. The minimum absolute atomic E-state index is 0.0447. The molecule has 0 saturated carbocycles. The molecule has 6 heteroatoms. The lowest BCUT2D eigenvalue weighted by atomic mass is 10.3. The zero-order valence-corrected chi connectivity index (χ0v) is 7.31. The van der Waals surface area contributed by atoms with Gasteiger partial charge in [0.25, 0.3) is 5.69 Å². The first-order valence-electron chi connectivity index (χ1n) is 3.49. The van der Waals surface area contributed by atoms with Crippen LogP contribution in [-0.4, -0.2) is 13.9 Å². The first kappa shape index (κ1) is 8.06. The lowest BCUT2D eigenvalue weighted by molar-refractivity contribution is -0.384. The van der Waals surface area contributed by atoms with Crippen molar-refractivity contribution in [1.82, 2.24) is 8.96 Å². The number of aromatic nitrogens is 2. The van der Waals surface area contributed by atoms with Crippen molar-refractivity contribution in [3.63, 3.8) is 0 Å². The Morgan fingerprint density at radius 1 is 1.54 bits per heavy atom. The maximum Gasteiger partial charge on any atom is 0.271 e. The first-order valence-corrected chi connectivity index (χ1v) is 3.89. The van der Waals surface area contributed by atoms with Crippen LogP contribution in [0.1, 0.15) is 0 Å². The summed E-state index contributed by atoms with van der Waals surface area (Å²) in [4.78, 5) is 14.0. The van der Waals surface area contributed by atoms with Crippen molar-refractivity contribution in [3.05, 3.63) is 34.6 Å². The second-order valence-electron chi connectivity index (χ2n) is 2.52. The van der Waals surface area contributed by atoms with E-state index in [1.807, 2.05) is 0 Å². The van der Waals surface area contributed by atoms with Gasteiger partial charge in [-0.2, -0.15) is 0 Å². The lowest BCUT2D eigenvalue weighted by Gasteiger charge is -1.92. The van der Waals surface area contributed by atoms with Crippen LogP contribution in [0.15, 0.2) is 24.5 Å². The highest BCUT2D eigenvalue weighted by Crippen LogP contribution is 2.20. The minimum atomic E-state index is -0.444. The molecule has 0 atom stereocenters. The maximum atomic E-state index is 10.4. The van der Waals surface area contributed by atoms with E-state index >= 15 is 0 Å². The number of nitro benzene ring substituents is 1. The normalized spacial score (nSPS) is 10.5. The van der Waals surface area contributed by atoms with Crippen molar-refractivity contribution in [2.75, 3.05) is 0 Å². The van der Waals surface area contributed by atoms with Crippen molar-refractivity contribution in [3.8, 4) is 0 Å². The second-order valence-corrected chi connectivity index (χ2v) is 2.95. The zero-order chi connectivity index (χ0) is 9.42. The third kappa shape index (κ3) is 1.25. The molecule has 0 aliphatic rings. The SMILES string of the molecule is O=[N+]([O-])c1ccc2ncn(S)c2c1. The Kier molecular flexibility index (Phi) is 1.70. The lowest BCUT2D eigenvalue weighted by Crippen LogP contribution is -1.87. The predicted molar refractivity (Wildman–Crippen MR) is 50.8 cm³/mol. The molecule has 1 aromatic heterocycles. The summed E-state index contributed by atoms with van der Waals surface area (Å²) in [6.45, 7) is 0. The van der Waals surface area contributed by atoms with Gasteiger partial charge in [0.05, 0.1) is 16.0 Å². The van der Waals surface area contributed by atoms with Crippen LogP contribution in [0, 0.1) is 10.1 Å². The number of nitrogens with zero attached hydrogens (tertiary/aromatic N) is 3. The van der Waals surface area contributed by atoms with E-state index in [1.54, 1.807) is 6.07 Å². The van der Waals surface area contributed by atoms with Crippen molar-refractivity contribution < 1.29 is 4.92 Å². The summed E-state index contributed by atoms with van der Waals surface area (Å²) in [7, 11) is 0. The molecule has 0 aliphatic carbocycles. The summed E-state index contributed by atoms with van der Waals surface area (Å²) < 4.78 is 1.45. The number of hydrogen-bond acceptors (Lipinski definition) is 4. The van der Waals surface area contributed by atoms with Gasteiger partial charge in [-0.05, 0) is 6.07 Å². The van der Waals surface area contributed by atoms with Crippen LogP contribution in [0.25, 0.3) is 11.0 Å². The van der Waals surface area contributed by atoms with E-state index in [1.165, 1.54) is 22.4 Å². The highest BCUT2D eigenvalue weighted by atomic mass is 32.1. The highest BCUT2D eigenvalue weighted by Gasteiger charge is 2.08. The van der Waals surface area contributed by atoms with Gasteiger partial charge in [0.2, 0.25) is 0 Å². The topological polar surface area (TPSA) is 61.0 Å². The molecule has 66 valence electrons. The van der Waals surface area contributed by atoms with E-state index in [2.05, 4.69) is 17.8 Å². The minimum Gasteiger partial charge on any atom is -0.275 e. The summed E-state index contributed by atoms with van der Waals surface area (Å²) in [5.41, 5.74) is 1.38. The zero-order valence-electron chi connectivity index (χ0n) is 6.41. The molecule has 2 aromatic rings. The Morgan fingerprint density at radius 3 is 3.00 bits per heavy atom. The number of nitro groups is 1. The molecule has 0 aliphatic heterocycles. The number of fused-ring (bicyclic) bond motifs is 1. The fourth-order valence-corrected chi connectivity index (χ4v) is 1.31. The van der Waals surface area contributed by atoms with E-state index in [-0.39, 0.29) is 5.69 Å². The van der Waals surface area contributed by atoms with E-state index in [0.29, 0.717) is 11.0 Å². The van der Waals surface area contributed by atoms with Crippen LogP contribution >= 0.6 is 12.8 Å². The van der Waals surface area contributed by atoms with Crippen LogP contribution in [0.2, 0.25) is 0 Å². The standard InChI is InChI=1S/C7H5N3O2S/c11-10(12)5-1-2-6-7(3-5)9(13)4-8-6/h1-4,13H. The Bertz CT molecular complexity index is 480. The first-order chi connectivity index (χ1) is 6.18. The average molecular weight is 195 g/mol. The summed E-state index contributed by atoms with van der Waals surface area (Å²) in [6.07, 6.45) is 1.50. The number of non-ortho nitro benzene ring substituents is 1. The van der Waals surface area contributed by atoms with Gasteiger partial charge >= 0.3 is 0 Å². The van der Waals surface area contributed by atoms with Crippen LogP contribution in [0.4, 0.5) is 5.69 Å². The molecule has 0 saturated heterocycles. The third-order valence-electron chi connectivity index (χ3n) is 1.72. The molecular formula is C7H5N3O2S. The molecule has 2 rings (SSSR count). The summed E-state index contributed by atoms with van der Waals surface area (Å²) in [6, 6.07) is 4.46. The van der Waals surface area contributed by atoms with Crippen molar-refractivity contribution in [2.45, 2.75) is 0 Å². The molecule has 0 radical (unpaired) electrons. The Balaban J connectivity index is 2.72. The quantitative estimate of drug-likeness (QED) is 0.427. The molecule has 0 unspecified atom stereocenters. The molecule has 1 aromatic carbocycles. The van der Waals surface area contributed by atoms with Crippen molar-refractivity contribution >= 4 is 29.5 Å². The van der Waals surface area contributed by atoms with Gasteiger partial charge in [-0.25, -0.2) is 4.98 Å². The molecule has 0 spiro atoms. The van der Waals surface area contributed by atoms with Gasteiger partial charge < -0.3 is 0 Å². The Labute approximate surface area is 78.7 Å². The molecule has 1 heterocycles. The van der Waals surface area contributed by atoms with Crippen LogP contribution in [0.5, 0.6) is 0 Å². The van der Waals surface area contributed by atoms with E-state index < -0.39 is 4.92 Å². The number of rotatable bonds is 1. The van der Waals surface area contributed by atoms with E-state index in [9.17, 15) is 10.1 Å². The number of thiol groups is 1. The van der Waals surface area contributed by atoms with E-state index in [4.69, 9.17) is 0 Å². The fourth-order valence-electron chi connectivity index (χ4n) is 1.10. The maximum absolute atomic E-state index is 10.4. The van der Waals surface area contributed by atoms with Gasteiger partial charge in [0, 0.05) is 12.1 Å². The van der Waals surface area contributed by atoms with Crippen molar-refractivity contribution in [2.24, 2.45) is 0 Å². The summed E-state index contributed by atoms with van der Waals surface area (Å²) in [5, 5.41) is 10.4. The monoisotopic (exact) mass is 195 g/mol. The number of hydrogen-bond donors (Lipinski definition) is 1. The number of imidazole rings is 1. The summed E-state index contributed by atoms with van der Waals surface area (Å²) >= 11 is 4.05. The van der Waals surface area contributed by atoms with Gasteiger partial charge in [-0.1, -0.05) is 12.8 Å². The Morgan fingerprint density at radius 2 is 2.31 bits per heavy atom. The second kappa shape index (κ2) is 2.74. The van der Waals surface area contributed by atoms with E-state index in [0.717, 1.165) is 0 Å². The van der Waals surface area contributed by atoms with Crippen molar-refractivity contribution in [1.29, 1.82) is 0 Å². The third-order valence-corrected chi connectivity index (χ3v) is 2.04. The molecule has 13 heavy (non-hydrogen) atoms. The molecular weight excluding hydrogens is 190 g/mol. The van der Waals surface area contributed by atoms with Gasteiger partial charge in [0.1, 0.15) is 6.33 Å². The van der Waals surface area contributed by atoms with Gasteiger partial charge in [-0.15, -0.1) is 0 Å².